The highest BCUT2D eigenvalue weighted by molar-refractivity contribution is 5.80. The summed E-state index contributed by atoms with van der Waals surface area (Å²) in [5, 5.41) is 3.43. The van der Waals surface area contributed by atoms with Crippen LogP contribution in [0.3, 0.4) is 0 Å². The Bertz CT molecular complexity index is 479. The number of benzene rings is 1. The summed E-state index contributed by atoms with van der Waals surface area (Å²) in [5.41, 5.74) is 1.24. The lowest BCUT2D eigenvalue weighted by Gasteiger charge is -2.21. The minimum absolute atomic E-state index is 0.579. The first-order valence-corrected chi connectivity index (χ1v) is 8.98. The molecule has 1 aromatic rings. The van der Waals surface area contributed by atoms with Crippen molar-refractivity contribution in [1.29, 1.82) is 0 Å². The van der Waals surface area contributed by atoms with Crippen molar-refractivity contribution in [1.82, 2.24) is 10.2 Å². The lowest BCUT2D eigenvalue weighted by Crippen LogP contribution is -2.40. The third kappa shape index (κ3) is 6.49. The zero-order valence-corrected chi connectivity index (χ0v) is 15.0. The maximum Gasteiger partial charge on any atom is 0.193 e. The number of nitrogens with one attached hydrogen (secondary N) is 1. The van der Waals surface area contributed by atoms with Gasteiger partial charge in [0.05, 0.1) is 13.2 Å². The summed E-state index contributed by atoms with van der Waals surface area (Å²) in [4.78, 5) is 6.73. The van der Waals surface area contributed by atoms with Gasteiger partial charge in [-0.1, -0.05) is 30.3 Å². The molecule has 1 aliphatic heterocycles. The first kappa shape index (κ1) is 18.7. The minimum Gasteiger partial charge on any atom is -0.382 e. The van der Waals surface area contributed by atoms with Crippen LogP contribution in [0.1, 0.15) is 25.3 Å². The van der Waals surface area contributed by atoms with Crippen LogP contribution in [0.5, 0.6) is 0 Å². The number of hydrogen-bond donors (Lipinski definition) is 1. The molecule has 0 radical (unpaired) electrons. The van der Waals surface area contributed by atoms with Crippen LogP contribution in [0.4, 0.5) is 0 Å². The van der Waals surface area contributed by atoms with Gasteiger partial charge in [0, 0.05) is 45.8 Å². The molecule has 1 heterocycles. The van der Waals surface area contributed by atoms with E-state index in [1.165, 1.54) is 5.56 Å². The van der Waals surface area contributed by atoms with E-state index >= 15 is 0 Å². The van der Waals surface area contributed by atoms with Gasteiger partial charge in [-0.15, -0.1) is 0 Å². The van der Waals surface area contributed by atoms with Crippen molar-refractivity contribution in [2.75, 3.05) is 46.5 Å². The Morgan fingerprint density at radius 1 is 1.29 bits per heavy atom. The molecule has 1 aliphatic rings. The zero-order chi connectivity index (χ0) is 17.0. The molecule has 1 aromatic carbocycles. The number of guanidine groups is 1. The van der Waals surface area contributed by atoms with Gasteiger partial charge in [0.25, 0.3) is 0 Å². The van der Waals surface area contributed by atoms with Gasteiger partial charge in [-0.05, 0) is 25.3 Å². The van der Waals surface area contributed by atoms with E-state index in [1.807, 2.05) is 20.0 Å². The predicted octanol–water partition coefficient (Wildman–Crippen LogP) is 2.53. The second-order valence-electron chi connectivity index (χ2n) is 6.13. The van der Waals surface area contributed by atoms with Crippen LogP contribution in [0.15, 0.2) is 35.3 Å². The number of hydrogen-bond acceptors (Lipinski definition) is 3. The first-order chi connectivity index (χ1) is 11.8. The summed E-state index contributed by atoms with van der Waals surface area (Å²) in [5.74, 6) is 1.58. The van der Waals surface area contributed by atoms with Gasteiger partial charge in [0.2, 0.25) is 0 Å². The molecular weight excluding hydrogens is 302 g/mol. The molecule has 0 spiro atoms. The third-order valence-electron chi connectivity index (χ3n) is 4.21. The monoisotopic (exact) mass is 333 g/mol. The number of rotatable bonds is 9. The average molecular weight is 333 g/mol. The van der Waals surface area contributed by atoms with Crippen molar-refractivity contribution in [3.8, 4) is 0 Å². The molecule has 5 nitrogen and oxygen atoms in total. The van der Waals surface area contributed by atoms with Gasteiger partial charge in [-0.25, -0.2) is 0 Å². The van der Waals surface area contributed by atoms with E-state index in [9.17, 15) is 0 Å². The Morgan fingerprint density at radius 2 is 2.12 bits per heavy atom. The van der Waals surface area contributed by atoms with E-state index in [2.05, 4.69) is 39.5 Å². The standard InChI is InChI=1S/C19H31N3O2/c1-3-23-13-7-11-21-19(20-2)22-12-10-18(14-22)16-24-15-17-8-5-4-6-9-17/h4-6,8-9,18H,3,7,10-16H2,1-2H3,(H,20,21). The molecule has 0 amide bonds. The molecular formula is C19H31N3O2. The Morgan fingerprint density at radius 3 is 2.88 bits per heavy atom. The van der Waals surface area contributed by atoms with Gasteiger partial charge in [0.1, 0.15) is 0 Å². The highest BCUT2D eigenvalue weighted by Crippen LogP contribution is 2.17. The summed E-state index contributed by atoms with van der Waals surface area (Å²) < 4.78 is 11.2. The summed E-state index contributed by atoms with van der Waals surface area (Å²) in [6, 6.07) is 10.4. The third-order valence-corrected chi connectivity index (χ3v) is 4.21. The van der Waals surface area contributed by atoms with Crippen molar-refractivity contribution in [2.45, 2.75) is 26.4 Å². The highest BCUT2D eigenvalue weighted by Gasteiger charge is 2.24. The van der Waals surface area contributed by atoms with Crippen molar-refractivity contribution in [2.24, 2.45) is 10.9 Å². The average Bonchev–Trinajstić information content (AvgIpc) is 3.08. The van der Waals surface area contributed by atoms with E-state index in [0.717, 1.165) is 58.3 Å². The van der Waals surface area contributed by atoms with E-state index in [4.69, 9.17) is 9.47 Å². The smallest absolute Gasteiger partial charge is 0.193 e. The molecule has 0 bridgehead atoms. The number of nitrogens with zero attached hydrogens (tertiary/aromatic N) is 2. The SMILES string of the molecule is CCOCCCNC(=NC)N1CCC(COCc2ccccc2)C1. The van der Waals surface area contributed by atoms with E-state index in [1.54, 1.807) is 0 Å². The minimum atomic E-state index is 0.579. The quantitative estimate of drug-likeness (QED) is 0.428. The van der Waals surface area contributed by atoms with Crippen LogP contribution in [-0.2, 0) is 16.1 Å². The lowest BCUT2D eigenvalue weighted by atomic mass is 10.1. The second kappa shape index (κ2) is 11.0. The van der Waals surface area contributed by atoms with Crippen LogP contribution >= 0.6 is 0 Å². The first-order valence-electron chi connectivity index (χ1n) is 8.98. The molecule has 0 saturated carbocycles. The van der Waals surface area contributed by atoms with Gasteiger partial charge in [-0.2, -0.15) is 0 Å². The largest absolute Gasteiger partial charge is 0.382 e. The van der Waals surface area contributed by atoms with Gasteiger partial charge in [0.15, 0.2) is 5.96 Å². The Kier molecular flexibility index (Phi) is 8.63. The predicted molar refractivity (Wildman–Crippen MR) is 98.2 cm³/mol. The lowest BCUT2D eigenvalue weighted by molar-refractivity contribution is 0.0906. The topological polar surface area (TPSA) is 46.1 Å². The van der Waals surface area contributed by atoms with Gasteiger partial charge in [-0.3, -0.25) is 4.99 Å². The normalized spacial score (nSPS) is 18.2. The fourth-order valence-electron chi connectivity index (χ4n) is 2.93. The van der Waals surface area contributed by atoms with Gasteiger partial charge < -0.3 is 19.7 Å². The molecule has 1 unspecified atom stereocenters. The Labute approximate surface area is 146 Å². The molecule has 0 aromatic heterocycles. The zero-order valence-electron chi connectivity index (χ0n) is 15.0. The summed E-state index contributed by atoms with van der Waals surface area (Å²) in [6.07, 6.45) is 2.17. The van der Waals surface area contributed by atoms with Crippen LogP contribution < -0.4 is 5.32 Å². The van der Waals surface area contributed by atoms with E-state index < -0.39 is 0 Å². The molecule has 1 saturated heterocycles. The van der Waals surface area contributed by atoms with E-state index in [0.29, 0.717) is 12.5 Å². The van der Waals surface area contributed by atoms with Crippen molar-refractivity contribution < 1.29 is 9.47 Å². The Hall–Kier alpha value is -1.59. The fraction of sp³-hybridized carbons (Fsp3) is 0.632. The maximum absolute atomic E-state index is 5.89. The van der Waals surface area contributed by atoms with Crippen LogP contribution in [-0.4, -0.2) is 57.4 Å². The van der Waals surface area contributed by atoms with Crippen molar-refractivity contribution >= 4 is 5.96 Å². The van der Waals surface area contributed by atoms with E-state index in [-0.39, 0.29) is 0 Å². The fourth-order valence-corrected chi connectivity index (χ4v) is 2.93. The van der Waals surface area contributed by atoms with Crippen LogP contribution in [0.25, 0.3) is 0 Å². The summed E-state index contributed by atoms with van der Waals surface area (Å²) in [7, 11) is 1.85. The molecule has 2 rings (SSSR count). The van der Waals surface area contributed by atoms with Crippen molar-refractivity contribution in [3.63, 3.8) is 0 Å². The molecule has 1 fully saturated rings. The summed E-state index contributed by atoms with van der Waals surface area (Å²) >= 11 is 0. The molecule has 24 heavy (non-hydrogen) atoms. The molecule has 1 atom stereocenters. The van der Waals surface area contributed by atoms with Crippen molar-refractivity contribution in [3.05, 3.63) is 35.9 Å². The number of likely N-dealkylation sites (tertiary alicyclic amines) is 1. The summed E-state index contributed by atoms with van der Waals surface area (Å²) in [6.45, 7) is 8.08. The van der Waals surface area contributed by atoms with Gasteiger partial charge >= 0.3 is 0 Å². The second-order valence-corrected chi connectivity index (χ2v) is 6.13. The number of aliphatic imine (C=N–C) groups is 1. The molecule has 0 aliphatic carbocycles. The molecule has 134 valence electrons. The highest BCUT2D eigenvalue weighted by atomic mass is 16.5. The molecule has 1 N–H and O–H groups in total. The Balaban J connectivity index is 1.63. The van der Waals surface area contributed by atoms with Crippen LogP contribution in [0, 0.1) is 5.92 Å². The molecule has 5 heteroatoms. The van der Waals surface area contributed by atoms with Crippen LogP contribution in [0.2, 0.25) is 0 Å². The maximum atomic E-state index is 5.89. The number of ether oxygens (including phenoxy) is 2.